The molecule has 0 radical (unpaired) electrons. The van der Waals surface area contributed by atoms with Crippen LogP contribution in [-0.2, 0) is 4.79 Å². The fourth-order valence-electron chi connectivity index (χ4n) is 2.04. The fourth-order valence-corrected chi connectivity index (χ4v) is 2.04. The lowest BCUT2D eigenvalue weighted by Crippen LogP contribution is -2.49. The molecule has 3 N–H and O–H groups in total. The Kier molecular flexibility index (Phi) is 5.09. The third-order valence-corrected chi connectivity index (χ3v) is 3.11. The number of carbonyl (C=O) groups is 1. The first-order valence-electron chi connectivity index (χ1n) is 6.14. The van der Waals surface area contributed by atoms with Crippen molar-refractivity contribution in [2.45, 2.75) is 64.5 Å². The molecular weight excluding hydrogens is 188 g/mol. The van der Waals surface area contributed by atoms with E-state index in [-0.39, 0.29) is 18.0 Å². The molecule has 0 aromatic rings. The van der Waals surface area contributed by atoms with Gasteiger partial charge in [0.15, 0.2) is 0 Å². The molecule has 0 aliphatic heterocycles. The molecule has 0 heterocycles. The van der Waals surface area contributed by atoms with Crippen LogP contribution in [0.15, 0.2) is 0 Å². The number of nitrogens with two attached hydrogens (primary N) is 1. The van der Waals surface area contributed by atoms with Gasteiger partial charge in [-0.3, -0.25) is 4.79 Å². The molecule has 1 rings (SSSR count). The average Bonchev–Trinajstić information content (AvgIpc) is 2.18. The number of hydrogen-bond donors (Lipinski definition) is 2. The molecule has 0 aromatic heterocycles. The topological polar surface area (TPSA) is 55.1 Å². The van der Waals surface area contributed by atoms with E-state index in [0.717, 1.165) is 19.3 Å². The Balaban J connectivity index is 2.24. The van der Waals surface area contributed by atoms with E-state index in [9.17, 15) is 4.79 Å². The van der Waals surface area contributed by atoms with Crippen LogP contribution in [0.3, 0.4) is 0 Å². The highest BCUT2D eigenvalue weighted by atomic mass is 16.1. The summed E-state index contributed by atoms with van der Waals surface area (Å²) in [5, 5.41) is 3.06. The van der Waals surface area contributed by atoms with E-state index in [1.165, 1.54) is 12.8 Å². The van der Waals surface area contributed by atoms with Crippen LogP contribution in [0.1, 0.15) is 52.4 Å². The predicted octanol–water partition coefficient (Wildman–Crippen LogP) is 1.81. The molecule has 0 aromatic carbocycles. The van der Waals surface area contributed by atoms with Crippen molar-refractivity contribution in [3.63, 3.8) is 0 Å². The maximum Gasteiger partial charge on any atom is 0.220 e. The van der Waals surface area contributed by atoms with Crippen LogP contribution in [0.2, 0.25) is 0 Å². The van der Waals surface area contributed by atoms with Gasteiger partial charge in [-0.25, -0.2) is 0 Å². The molecule has 88 valence electrons. The molecule has 2 atom stereocenters. The maximum absolute atomic E-state index is 11.6. The van der Waals surface area contributed by atoms with E-state index < -0.39 is 0 Å². The summed E-state index contributed by atoms with van der Waals surface area (Å²) in [6.45, 7) is 4.28. The van der Waals surface area contributed by atoms with Crippen LogP contribution in [0, 0.1) is 5.92 Å². The van der Waals surface area contributed by atoms with Crippen molar-refractivity contribution in [1.29, 1.82) is 0 Å². The summed E-state index contributed by atoms with van der Waals surface area (Å²) in [4.78, 5) is 11.6. The number of hydrogen-bond acceptors (Lipinski definition) is 2. The second kappa shape index (κ2) is 6.11. The standard InChI is InChI=1S/C12H24N2O/c1-9(2)7-8-12(15)14-11-6-4-3-5-10(11)13/h9-11H,3-8,13H2,1-2H3,(H,14,15)/t10-,11-/m1/s1. The molecule has 0 spiro atoms. The SMILES string of the molecule is CC(C)CCC(=O)N[C@@H]1CCCC[C@H]1N. The van der Waals surface area contributed by atoms with Gasteiger partial charge in [0.1, 0.15) is 0 Å². The van der Waals surface area contributed by atoms with E-state index in [2.05, 4.69) is 19.2 Å². The van der Waals surface area contributed by atoms with Crippen molar-refractivity contribution < 1.29 is 4.79 Å². The zero-order valence-corrected chi connectivity index (χ0v) is 9.96. The monoisotopic (exact) mass is 212 g/mol. The van der Waals surface area contributed by atoms with E-state index in [1.54, 1.807) is 0 Å². The number of carbonyl (C=O) groups excluding carboxylic acids is 1. The largest absolute Gasteiger partial charge is 0.352 e. The van der Waals surface area contributed by atoms with Gasteiger partial charge in [0, 0.05) is 18.5 Å². The zero-order chi connectivity index (χ0) is 11.3. The van der Waals surface area contributed by atoms with E-state index in [0.29, 0.717) is 12.3 Å². The highest BCUT2D eigenvalue weighted by Crippen LogP contribution is 2.17. The van der Waals surface area contributed by atoms with Gasteiger partial charge in [0.25, 0.3) is 0 Å². The molecule has 3 heteroatoms. The first-order valence-corrected chi connectivity index (χ1v) is 6.14. The minimum atomic E-state index is 0.168. The highest BCUT2D eigenvalue weighted by Gasteiger charge is 2.22. The fraction of sp³-hybridized carbons (Fsp3) is 0.917. The lowest BCUT2D eigenvalue weighted by Gasteiger charge is -2.29. The second-order valence-corrected chi connectivity index (χ2v) is 5.05. The van der Waals surface area contributed by atoms with Gasteiger partial charge in [0.05, 0.1) is 0 Å². The lowest BCUT2D eigenvalue weighted by atomic mass is 9.91. The van der Waals surface area contributed by atoms with Crippen molar-refractivity contribution >= 4 is 5.91 Å². The molecule has 3 nitrogen and oxygen atoms in total. The lowest BCUT2D eigenvalue weighted by molar-refractivity contribution is -0.122. The van der Waals surface area contributed by atoms with Crippen molar-refractivity contribution in [2.24, 2.45) is 11.7 Å². The number of amides is 1. The Labute approximate surface area is 92.8 Å². The summed E-state index contributed by atoms with van der Waals surface area (Å²) in [7, 11) is 0. The van der Waals surface area contributed by atoms with Gasteiger partial charge in [0.2, 0.25) is 5.91 Å². The van der Waals surface area contributed by atoms with Gasteiger partial charge in [-0.05, 0) is 25.2 Å². The van der Waals surface area contributed by atoms with Crippen LogP contribution in [0.5, 0.6) is 0 Å². The van der Waals surface area contributed by atoms with Gasteiger partial charge in [-0.2, -0.15) is 0 Å². The molecule has 15 heavy (non-hydrogen) atoms. The second-order valence-electron chi connectivity index (χ2n) is 5.05. The Morgan fingerprint density at radius 2 is 2.07 bits per heavy atom. The number of nitrogens with one attached hydrogen (secondary N) is 1. The zero-order valence-electron chi connectivity index (χ0n) is 9.96. The van der Waals surface area contributed by atoms with Crippen molar-refractivity contribution in [3.05, 3.63) is 0 Å². The van der Waals surface area contributed by atoms with Gasteiger partial charge < -0.3 is 11.1 Å². The van der Waals surface area contributed by atoms with Crippen LogP contribution in [0.4, 0.5) is 0 Å². The normalized spacial score (nSPS) is 26.7. The Hall–Kier alpha value is -0.570. The highest BCUT2D eigenvalue weighted by molar-refractivity contribution is 5.76. The quantitative estimate of drug-likeness (QED) is 0.746. The third-order valence-electron chi connectivity index (χ3n) is 3.11. The van der Waals surface area contributed by atoms with Crippen molar-refractivity contribution in [3.8, 4) is 0 Å². The first-order chi connectivity index (χ1) is 7.09. The summed E-state index contributed by atoms with van der Waals surface area (Å²) in [5.41, 5.74) is 5.97. The Morgan fingerprint density at radius 3 is 2.67 bits per heavy atom. The molecule has 0 saturated heterocycles. The van der Waals surface area contributed by atoms with Gasteiger partial charge >= 0.3 is 0 Å². The Bertz CT molecular complexity index is 204. The van der Waals surface area contributed by atoms with Crippen LogP contribution in [-0.4, -0.2) is 18.0 Å². The molecule has 1 aliphatic rings. The molecular formula is C12H24N2O. The molecule has 1 fully saturated rings. The van der Waals surface area contributed by atoms with Gasteiger partial charge in [-0.1, -0.05) is 26.7 Å². The molecule has 1 saturated carbocycles. The minimum Gasteiger partial charge on any atom is -0.352 e. The van der Waals surface area contributed by atoms with Crippen molar-refractivity contribution in [1.82, 2.24) is 5.32 Å². The van der Waals surface area contributed by atoms with Crippen molar-refractivity contribution in [2.75, 3.05) is 0 Å². The summed E-state index contributed by atoms with van der Waals surface area (Å²) in [5.74, 6) is 0.766. The van der Waals surface area contributed by atoms with Crippen LogP contribution in [0.25, 0.3) is 0 Å². The smallest absolute Gasteiger partial charge is 0.220 e. The Morgan fingerprint density at radius 1 is 1.40 bits per heavy atom. The third kappa shape index (κ3) is 4.65. The van der Waals surface area contributed by atoms with E-state index in [1.807, 2.05) is 0 Å². The average molecular weight is 212 g/mol. The summed E-state index contributed by atoms with van der Waals surface area (Å²) in [6.07, 6.45) is 6.11. The molecule has 0 bridgehead atoms. The van der Waals surface area contributed by atoms with Crippen LogP contribution >= 0.6 is 0 Å². The molecule has 1 amide bonds. The number of rotatable bonds is 4. The van der Waals surface area contributed by atoms with E-state index in [4.69, 9.17) is 5.73 Å². The minimum absolute atomic E-state index is 0.168. The summed E-state index contributed by atoms with van der Waals surface area (Å²) >= 11 is 0. The summed E-state index contributed by atoms with van der Waals surface area (Å²) < 4.78 is 0. The van der Waals surface area contributed by atoms with E-state index >= 15 is 0 Å². The molecule has 1 aliphatic carbocycles. The van der Waals surface area contributed by atoms with Gasteiger partial charge in [-0.15, -0.1) is 0 Å². The van der Waals surface area contributed by atoms with Crippen LogP contribution < -0.4 is 11.1 Å². The maximum atomic E-state index is 11.6. The summed E-state index contributed by atoms with van der Waals surface area (Å²) in [6, 6.07) is 0.389. The molecule has 0 unspecified atom stereocenters. The predicted molar refractivity (Wildman–Crippen MR) is 62.4 cm³/mol. The first kappa shape index (κ1) is 12.5.